The molecule has 1 aliphatic rings. The van der Waals surface area contributed by atoms with E-state index in [-0.39, 0.29) is 11.1 Å². The van der Waals surface area contributed by atoms with Crippen molar-refractivity contribution in [3.8, 4) is 0 Å². The van der Waals surface area contributed by atoms with E-state index in [2.05, 4.69) is 15.1 Å². The van der Waals surface area contributed by atoms with Crippen LogP contribution in [-0.2, 0) is 6.18 Å². The Kier molecular flexibility index (Phi) is 3.72. The minimum Gasteiger partial charge on any atom is -0.345 e. The van der Waals surface area contributed by atoms with E-state index in [0.717, 1.165) is 25.1 Å². The summed E-state index contributed by atoms with van der Waals surface area (Å²) < 4.78 is 43.0. The predicted octanol–water partition coefficient (Wildman–Crippen LogP) is 3.79. The molecule has 1 atom stereocenters. The topological polar surface area (TPSA) is 55.1 Å². The SMILES string of the molecule is Cc1nc([C@H]2CCCN2c2ncc(C(F)(F)F)cc2Cl)no1. The highest BCUT2D eigenvalue weighted by atomic mass is 35.5. The van der Waals surface area contributed by atoms with E-state index >= 15 is 0 Å². The molecule has 1 saturated heterocycles. The van der Waals surface area contributed by atoms with E-state index in [1.165, 1.54) is 0 Å². The van der Waals surface area contributed by atoms with E-state index in [1.54, 1.807) is 6.92 Å². The summed E-state index contributed by atoms with van der Waals surface area (Å²) in [6.45, 7) is 2.30. The van der Waals surface area contributed by atoms with Gasteiger partial charge < -0.3 is 9.42 Å². The molecule has 3 rings (SSSR count). The van der Waals surface area contributed by atoms with Crippen molar-refractivity contribution in [1.29, 1.82) is 0 Å². The maximum atomic E-state index is 12.7. The molecule has 1 aliphatic heterocycles. The largest absolute Gasteiger partial charge is 0.417 e. The van der Waals surface area contributed by atoms with Crippen LogP contribution in [-0.4, -0.2) is 21.7 Å². The van der Waals surface area contributed by atoms with Gasteiger partial charge in [0.15, 0.2) is 5.82 Å². The Labute approximate surface area is 129 Å². The van der Waals surface area contributed by atoms with Gasteiger partial charge in [0.2, 0.25) is 5.89 Å². The molecule has 9 heteroatoms. The molecule has 0 amide bonds. The lowest BCUT2D eigenvalue weighted by Gasteiger charge is -2.24. The first kappa shape index (κ1) is 15.1. The molecule has 3 heterocycles. The monoisotopic (exact) mass is 332 g/mol. The third-order valence-corrected chi connectivity index (χ3v) is 3.79. The van der Waals surface area contributed by atoms with Crippen molar-refractivity contribution in [2.45, 2.75) is 32.0 Å². The highest BCUT2D eigenvalue weighted by molar-refractivity contribution is 6.33. The summed E-state index contributed by atoms with van der Waals surface area (Å²) >= 11 is 6.01. The second-order valence-corrected chi connectivity index (χ2v) is 5.46. The molecule has 0 unspecified atom stereocenters. The zero-order valence-electron chi connectivity index (χ0n) is 11.6. The van der Waals surface area contributed by atoms with Crippen molar-refractivity contribution < 1.29 is 17.7 Å². The molecule has 0 bridgehead atoms. The fraction of sp³-hybridized carbons (Fsp3) is 0.462. The average Bonchev–Trinajstić information content (AvgIpc) is 3.06. The number of alkyl halides is 3. The minimum absolute atomic E-state index is 0.0399. The fourth-order valence-corrected chi connectivity index (χ4v) is 2.81. The highest BCUT2D eigenvalue weighted by Crippen LogP contribution is 2.39. The van der Waals surface area contributed by atoms with Crippen LogP contribution in [0.5, 0.6) is 0 Å². The lowest BCUT2D eigenvalue weighted by molar-refractivity contribution is -0.137. The Bertz CT molecular complexity index is 688. The smallest absolute Gasteiger partial charge is 0.345 e. The van der Waals surface area contributed by atoms with Crippen molar-refractivity contribution in [3.63, 3.8) is 0 Å². The van der Waals surface area contributed by atoms with Gasteiger partial charge in [-0.25, -0.2) is 4.98 Å². The Balaban J connectivity index is 1.93. The van der Waals surface area contributed by atoms with Crippen molar-refractivity contribution in [2.75, 3.05) is 11.4 Å². The normalized spacial score (nSPS) is 19.0. The Hall–Kier alpha value is -1.83. The first-order chi connectivity index (χ1) is 10.4. The fourth-order valence-electron chi connectivity index (χ4n) is 2.54. The second-order valence-electron chi connectivity index (χ2n) is 5.05. The first-order valence-corrected chi connectivity index (χ1v) is 7.03. The molecule has 0 aliphatic carbocycles. The van der Waals surface area contributed by atoms with Crippen LogP contribution in [0, 0.1) is 6.92 Å². The standard InChI is InChI=1S/C13H12ClF3N4O/c1-7-19-11(20-22-7)10-3-2-4-21(10)12-9(14)5-8(6-18-12)13(15,16)17/h5-6,10H,2-4H2,1H3/t10-/m1/s1. The molecule has 0 aromatic carbocycles. The number of anilines is 1. The van der Waals surface area contributed by atoms with Gasteiger partial charge >= 0.3 is 6.18 Å². The molecule has 22 heavy (non-hydrogen) atoms. The molecule has 2 aromatic heterocycles. The summed E-state index contributed by atoms with van der Waals surface area (Å²) in [5.74, 6) is 1.24. The van der Waals surface area contributed by atoms with E-state index in [4.69, 9.17) is 16.1 Å². The molecule has 0 N–H and O–H groups in total. The number of aromatic nitrogens is 3. The van der Waals surface area contributed by atoms with Crippen molar-refractivity contribution in [3.05, 3.63) is 34.6 Å². The maximum Gasteiger partial charge on any atom is 0.417 e. The second kappa shape index (κ2) is 5.42. The maximum absolute atomic E-state index is 12.7. The zero-order chi connectivity index (χ0) is 15.9. The lowest BCUT2D eigenvalue weighted by Crippen LogP contribution is -2.25. The zero-order valence-corrected chi connectivity index (χ0v) is 12.3. The van der Waals surface area contributed by atoms with Crippen molar-refractivity contribution in [1.82, 2.24) is 15.1 Å². The molecule has 118 valence electrons. The number of hydrogen-bond acceptors (Lipinski definition) is 5. The Morgan fingerprint density at radius 3 is 2.77 bits per heavy atom. The predicted molar refractivity (Wildman–Crippen MR) is 72.6 cm³/mol. The average molecular weight is 333 g/mol. The van der Waals surface area contributed by atoms with Crippen LogP contribution >= 0.6 is 11.6 Å². The number of aryl methyl sites for hydroxylation is 1. The van der Waals surface area contributed by atoms with Crippen LogP contribution < -0.4 is 4.90 Å². The van der Waals surface area contributed by atoms with Gasteiger partial charge in [-0.3, -0.25) is 0 Å². The van der Waals surface area contributed by atoms with Gasteiger partial charge in [-0.2, -0.15) is 18.2 Å². The van der Waals surface area contributed by atoms with Gasteiger partial charge in [0.1, 0.15) is 5.82 Å². The van der Waals surface area contributed by atoms with Crippen LogP contribution in [0.2, 0.25) is 5.02 Å². The van der Waals surface area contributed by atoms with E-state index < -0.39 is 11.7 Å². The molecule has 0 saturated carbocycles. The Morgan fingerprint density at radius 1 is 1.41 bits per heavy atom. The number of pyridine rings is 1. The highest BCUT2D eigenvalue weighted by Gasteiger charge is 2.35. The van der Waals surface area contributed by atoms with E-state index in [1.807, 2.05) is 4.90 Å². The summed E-state index contributed by atoms with van der Waals surface area (Å²) in [7, 11) is 0. The third kappa shape index (κ3) is 2.75. The van der Waals surface area contributed by atoms with Gasteiger partial charge in [0.25, 0.3) is 0 Å². The number of hydrogen-bond donors (Lipinski definition) is 0. The van der Waals surface area contributed by atoms with E-state index in [9.17, 15) is 13.2 Å². The quantitative estimate of drug-likeness (QED) is 0.837. The van der Waals surface area contributed by atoms with Crippen LogP contribution in [0.1, 0.15) is 36.2 Å². The van der Waals surface area contributed by atoms with Crippen LogP contribution in [0.4, 0.5) is 19.0 Å². The molecular weight excluding hydrogens is 321 g/mol. The van der Waals surface area contributed by atoms with Crippen molar-refractivity contribution in [2.24, 2.45) is 0 Å². The van der Waals surface area contributed by atoms with Gasteiger partial charge in [0.05, 0.1) is 16.6 Å². The summed E-state index contributed by atoms with van der Waals surface area (Å²) in [5, 5.41) is 3.84. The molecule has 0 radical (unpaired) electrons. The molecule has 1 fully saturated rings. The third-order valence-electron chi connectivity index (χ3n) is 3.52. The van der Waals surface area contributed by atoms with Crippen LogP contribution in [0.3, 0.4) is 0 Å². The molecule has 5 nitrogen and oxygen atoms in total. The summed E-state index contributed by atoms with van der Waals surface area (Å²) in [5.41, 5.74) is -0.868. The van der Waals surface area contributed by atoms with Crippen LogP contribution in [0.25, 0.3) is 0 Å². The number of nitrogens with zero attached hydrogens (tertiary/aromatic N) is 4. The number of rotatable bonds is 2. The molecule has 0 spiro atoms. The number of halogens is 4. The lowest BCUT2D eigenvalue weighted by atomic mass is 10.2. The van der Waals surface area contributed by atoms with Crippen LogP contribution in [0.15, 0.2) is 16.8 Å². The molecular formula is C13H12ClF3N4O. The minimum atomic E-state index is -4.47. The van der Waals surface area contributed by atoms with Gasteiger partial charge in [0, 0.05) is 19.7 Å². The van der Waals surface area contributed by atoms with Gasteiger partial charge in [-0.05, 0) is 18.9 Å². The van der Waals surface area contributed by atoms with Gasteiger partial charge in [-0.15, -0.1) is 0 Å². The molecule has 2 aromatic rings. The summed E-state index contributed by atoms with van der Waals surface area (Å²) in [6.07, 6.45) is -2.07. The van der Waals surface area contributed by atoms with Gasteiger partial charge in [-0.1, -0.05) is 16.8 Å². The summed E-state index contributed by atoms with van der Waals surface area (Å²) in [4.78, 5) is 9.89. The Morgan fingerprint density at radius 2 is 2.18 bits per heavy atom. The van der Waals surface area contributed by atoms with E-state index in [0.29, 0.717) is 24.1 Å². The first-order valence-electron chi connectivity index (χ1n) is 6.66. The van der Waals surface area contributed by atoms with Crippen molar-refractivity contribution >= 4 is 17.4 Å². The summed E-state index contributed by atoms with van der Waals surface area (Å²) in [6, 6.07) is 0.694.